The number of halogens is 1. The van der Waals surface area contributed by atoms with Gasteiger partial charge in [0.15, 0.2) is 0 Å². The highest BCUT2D eigenvalue weighted by molar-refractivity contribution is 5.86. The average molecular weight is 252 g/mol. The van der Waals surface area contributed by atoms with E-state index in [2.05, 4.69) is 10.6 Å². The minimum Gasteiger partial charge on any atom is -0.348 e. The van der Waals surface area contributed by atoms with Gasteiger partial charge in [-0.3, -0.25) is 9.59 Å². The molecule has 0 radical (unpaired) electrons. The molecule has 0 saturated heterocycles. The Morgan fingerprint density at radius 1 is 1.22 bits per heavy atom. The van der Waals surface area contributed by atoms with E-state index in [-0.39, 0.29) is 23.7 Å². The molecule has 1 rings (SSSR count). The van der Waals surface area contributed by atoms with Crippen molar-refractivity contribution in [3.8, 4) is 0 Å². The first-order valence-corrected chi connectivity index (χ1v) is 5.73. The summed E-state index contributed by atoms with van der Waals surface area (Å²) >= 11 is 0. The lowest BCUT2D eigenvalue weighted by molar-refractivity contribution is -0.128. The highest BCUT2D eigenvalue weighted by Gasteiger charge is 2.16. The van der Waals surface area contributed by atoms with Crippen molar-refractivity contribution in [3.63, 3.8) is 0 Å². The van der Waals surface area contributed by atoms with Crippen LogP contribution in [0.25, 0.3) is 0 Å². The molecule has 0 aliphatic rings. The van der Waals surface area contributed by atoms with Crippen LogP contribution in [-0.4, -0.2) is 17.9 Å². The van der Waals surface area contributed by atoms with Crippen LogP contribution in [0.1, 0.15) is 32.4 Å². The summed E-state index contributed by atoms with van der Waals surface area (Å²) in [5.74, 6) is -0.915. The summed E-state index contributed by atoms with van der Waals surface area (Å²) in [6.07, 6.45) is 0. The number of rotatable bonds is 4. The number of carbonyl (C=O) groups excluding carboxylic acids is 2. The van der Waals surface area contributed by atoms with Gasteiger partial charge in [0.05, 0.1) is 6.04 Å². The third-order valence-electron chi connectivity index (χ3n) is 2.52. The van der Waals surface area contributed by atoms with Crippen LogP contribution in [0.15, 0.2) is 24.3 Å². The normalized spacial score (nSPS) is 13.6. The summed E-state index contributed by atoms with van der Waals surface area (Å²) in [6, 6.07) is 5.11. The van der Waals surface area contributed by atoms with Crippen LogP contribution in [0.4, 0.5) is 4.39 Å². The minimum absolute atomic E-state index is 0.268. The van der Waals surface area contributed by atoms with E-state index >= 15 is 0 Å². The molecule has 0 heterocycles. The van der Waals surface area contributed by atoms with Crippen molar-refractivity contribution in [2.24, 2.45) is 0 Å². The standard InChI is InChI=1S/C13H17FN2O2/c1-8(11-5-4-6-12(14)7-11)16-13(18)9(2)15-10(3)17/h4-9H,1-3H3,(H,15,17)(H,16,18)/t8-,9-/m0/s1. The summed E-state index contributed by atoms with van der Waals surface area (Å²) in [7, 11) is 0. The molecule has 0 aliphatic heterocycles. The van der Waals surface area contributed by atoms with Crippen molar-refractivity contribution in [1.29, 1.82) is 0 Å². The maximum Gasteiger partial charge on any atom is 0.242 e. The van der Waals surface area contributed by atoms with E-state index in [1.54, 1.807) is 26.0 Å². The quantitative estimate of drug-likeness (QED) is 0.853. The molecule has 0 aliphatic carbocycles. The Bertz CT molecular complexity index is 448. The summed E-state index contributed by atoms with van der Waals surface area (Å²) < 4.78 is 13.0. The number of hydrogen-bond acceptors (Lipinski definition) is 2. The van der Waals surface area contributed by atoms with Gasteiger partial charge in [-0.15, -0.1) is 0 Å². The zero-order chi connectivity index (χ0) is 13.7. The predicted octanol–water partition coefficient (Wildman–Crippen LogP) is 1.53. The van der Waals surface area contributed by atoms with Crippen molar-refractivity contribution < 1.29 is 14.0 Å². The molecule has 0 saturated carbocycles. The van der Waals surface area contributed by atoms with E-state index in [1.165, 1.54) is 19.1 Å². The molecule has 0 aromatic heterocycles. The predicted molar refractivity (Wildman–Crippen MR) is 66.2 cm³/mol. The molecule has 1 aromatic carbocycles. The average Bonchev–Trinajstić information content (AvgIpc) is 2.27. The molecule has 18 heavy (non-hydrogen) atoms. The van der Waals surface area contributed by atoms with E-state index in [0.717, 1.165) is 0 Å². The molecular formula is C13H17FN2O2. The second-order valence-electron chi connectivity index (χ2n) is 4.21. The Hall–Kier alpha value is -1.91. The number of carbonyl (C=O) groups is 2. The molecule has 0 unspecified atom stereocenters. The van der Waals surface area contributed by atoms with E-state index < -0.39 is 6.04 Å². The first-order valence-electron chi connectivity index (χ1n) is 5.73. The molecule has 2 N–H and O–H groups in total. The van der Waals surface area contributed by atoms with Crippen LogP contribution in [0.2, 0.25) is 0 Å². The number of amides is 2. The molecule has 4 nitrogen and oxygen atoms in total. The molecule has 0 bridgehead atoms. The number of nitrogens with one attached hydrogen (secondary N) is 2. The summed E-state index contributed by atoms with van der Waals surface area (Å²) in [4.78, 5) is 22.5. The van der Waals surface area contributed by atoms with Crippen LogP contribution in [0, 0.1) is 5.82 Å². The van der Waals surface area contributed by atoms with Crippen LogP contribution < -0.4 is 10.6 Å². The molecule has 0 fully saturated rings. The highest BCUT2D eigenvalue weighted by Crippen LogP contribution is 2.13. The summed E-state index contributed by atoms with van der Waals surface area (Å²) in [6.45, 7) is 4.70. The van der Waals surface area contributed by atoms with Gasteiger partial charge >= 0.3 is 0 Å². The van der Waals surface area contributed by atoms with E-state index in [0.29, 0.717) is 5.56 Å². The largest absolute Gasteiger partial charge is 0.348 e. The van der Waals surface area contributed by atoms with Gasteiger partial charge in [0.2, 0.25) is 11.8 Å². The molecule has 2 amide bonds. The van der Waals surface area contributed by atoms with Gasteiger partial charge in [0, 0.05) is 6.92 Å². The van der Waals surface area contributed by atoms with E-state index in [1.807, 2.05) is 0 Å². The fraction of sp³-hybridized carbons (Fsp3) is 0.385. The third kappa shape index (κ3) is 4.16. The zero-order valence-electron chi connectivity index (χ0n) is 10.7. The number of hydrogen-bond donors (Lipinski definition) is 2. The van der Waals surface area contributed by atoms with Crippen LogP contribution >= 0.6 is 0 Å². The molecule has 98 valence electrons. The smallest absolute Gasteiger partial charge is 0.242 e. The SMILES string of the molecule is CC(=O)N[C@@H](C)C(=O)N[C@@H](C)c1cccc(F)c1. The lowest BCUT2D eigenvalue weighted by Crippen LogP contribution is -2.44. The minimum atomic E-state index is -0.612. The van der Waals surface area contributed by atoms with Crippen LogP contribution in [0.3, 0.4) is 0 Å². The Balaban J connectivity index is 2.62. The van der Waals surface area contributed by atoms with Gasteiger partial charge in [0.1, 0.15) is 11.9 Å². The van der Waals surface area contributed by atoms with Crippen molar-refractivity contribution in [2.75, 3.05) is 0 Å². The fourth-order valence-corrected chi connectivity index (χ4v) is 1.57. The first-order chi connectivity index (χ1) is 8.40. The van der Waals surface area contributed by atoms with E-state index in [9.17, 15) is 14.0 Å². The van der Waals surface area contributed by atoms with Gasteiger partial charge in [-0.25, -0.2) is 4.39 Å². The van der Waals surface area contributed by atoms with Gasteiger partial charge in [-0.2, -0.15) is 0 Å². The van der Waals surface area contributed by atoms with Gasteiger partial charge in [-0.1, -0.05) is 12.1 Å². The van der Waals surface area contributed by atoms with E-state index in [4.69, 9.17) is 0 Å². The van der Waals surface area contributed by atoms with Crippen molar-refractivity contribution >= 4 is 11.8 Å². The Morgan fingerprint density at radius 2 is 1.89 bits per heavy atom. The molecule has 1 aromatic rings. The molecular weight excluding hydrogens is 235 g/mol. The fourth-order valence-electron chi connectivity index (χ4n) is 1.57. The Kier molecular flexibility index (Phi) is 4.83. The Morgan fingerprint density at radius 3 is 2.44 bits per heavy atom. The van der Waals surface area contributed by atoms with Gasteiger partial charge < -0.3 is 10.6 Å². The molecule has 5 heteroatoms. The number of benzene rings is 1. The molecule has 0 spiro atoms. The second kappa shape index (κ2) is 6.14. The topological polar surface area (TPSA) is 58.2 Å². The van der Waals surface area contributed by atoms with Crippen LogP contribution in [-0.2, 0) is 9.59 Å². The highest BCUT2D eigenvalue weighted by atomic mass is 19.1. The van der Waals surface area contributed by atoms with Crippen molar-refractivity contribution in [1.82, 2.24) is 10.6 Å². The zero-order valence-corrected chi connectivity index (χ0v) is 10.7. The maximum atomic E-state index is 13.0. The van der Waals surface area contributed by atoms with Crippen molar-refractivity contribution in [3.05, 3.63) is 35.6 Å². The third-order valence-corrected chi connectivity index (χ3v) is 2.52. The lowest BCUT2D eigenvalue weighted by atomic mass is 10.1. The van der Waals surface area contributed by atoms with Gasteiger partial charge in [-0.05, 0) is 31.5 Å². The summed E-state index contributed by atoms with van der Waals surface area (Å²) in [5, 5.41) is 5.19. The first kappa shape index (κ1) is 14.2. The lowest BCUT2D eigenvalue weighted by Gasteiger charge is -2.18. The Labute approximate surface area is 106 Å². The van der Waals surface area contributed by atoms with Gasteiger partial charge in [0.25, 0.3) is 0 Å². The monoisotopic (exact) mass is 252 g/mol. The van der Waals surface area contributed by atoms with Crippen molar-refractivity contribution in [2.45, 2.75) is 32.9 Å². The molecule has 2 atom stereocenters. The maximum absolute atomic E-state index is 13.0. The summed E-state index contributed by atoms with van der Waals surface area (Å²) in [5.41, 5.74) is 0.679. The second-order valence-corrected chi connectivity index (χ2v) is 4.21. The van der Waals surface area contributed by atoms with Crippen LogP contribution in [0.5, 0.6) is 0 Å².